The Kier molecular flexibility index (Phi) is 32.5. The van der Waals surface area contributed by atoms with Gasteiger partial charge in [-0.15, -0.1) is 0 Å². The molecule has 0 fully saturated rings. The lowest BCUT2D eigenvalue weighted by Crippen LogP contribution is -2.45. The zero-order valence-corrected chi connectivity index (χ0v) is 27.8. The zero-order valence-electron chi connectivity index (χ0n) is 27.8. The first-order valence-corrected chi connectivity index (χ1v) is 17.9. The normalized spacial score (nSPS) is 13.7. The molecule has 4 nitrogen and oxygen atoms in total. The highest BCUT2D eigenvalue weighted by Gasteiger charge is 2.17. The summed E-state index contributed by atoms with van der Waals surface area (Å²) in [5, 5.41) is 22.8. The van der Waals surface area contributed by atoms with Crippen molar-refractivity contribution in [2.75, 3.05) is 6.61 Å². The van der Waals surface area contributed by atoms with Crippen molar-refractivity contribution < 1.29 is 15.0 Å². The highest BCUT2D eigenvalue weighted by Crippen LogP contribution is 2.11. The van der Waals surface area contributed by atoms with Crippen LogP contribution in [0.5, 0.6) is 0 Å². The third-order valence-electron chi connectivity index (χ3n) is 7.76. The van der Waals surface area contributed by atoms with E-state index < -0.39 is 12.1 Å². The topological polar surface area (TPSA) is 69.6 Å². The number of nitrogens with one attached hydrogen (secondary N) is 1. The van der Waals surface area contributed by atoms with Crippen LogP contribution in [0.1, 0.15) is 168 Å². The third-order valence-corrected chi connectivity index (χ3v) is 7.76. The molecule has 0 saturated carbocycles. The van der Waals surface area contributed by atoms with Crippen LogP contribution in [0.4, 0.5) is 0 Å². The van der Waals surface area contributed by atoms with Crippen molar-refractivity contribution in [3.8, 4) is 0 Å². The van der Waals surface area contributed by atoms with E-state index in [1.807, 2.05) is 6.08 Å². The summed E-state index contributed by atoms with van der Waals surface area (Å²) in [4.78, 5) is 12.3. The Morgan fingerprint density at radius 1 is 0.548 bits per heavy atom. The predicted octanol–water partition coefficient (Wildman–Crippen LogP) is 10.5. The molecule has 0 spiro atoms. The van der Waals surface area contributed by atoms with Crippen LogP contribution in [-0.4, -0.2) is 34.9 Å². The number of hydrogen-bond donors (Lipinski definition) is 3. The number of aliphatic hydroxyl groups excluding tert-OH is 2. The van der Waals surface area contributed by atoms with Gasteiger partial charge in [-0.25, -0.2) is 0 Å². The summed E-state index contributed by atoms with van der Waals surface area (Å²) in [7, 11) is 0. The van der Waals surface area contributed by atoms with Gasteiger partial charge in [0.15, 0.2) is 0 Å². The van der Waals surface area contributed by atoms with Gasteiger partial charge in [0.05, 0.1) is 18.8 Å². The fourth-order valence-corrected chi connectivity index (χ4v) is 4.97. The number of unbranched alkanes of at least 4 members (excludes halogenated alkanes) is 18. The molecule has 0 radical (unpaired) electrons. The van der Waals surface area contributed by atoms with Gasteiger partial charge in [0.1, 0.15) is 0 Å². The lowest BCUT2D eigenvalue weighted by Gasteiger charge is -2.19. The van der Waals surface area contributed by atoms with Gasteiger partial charge in [-0.2, -0.15) is 0 Å². The smallest absolute Gasteiger partial charge is 0.220 e. The molecule has 0 aromatic carbocycles. The molecular formula is C38H69NO3. The molecule has 2 atom stereocenters. The van der Waals surface area contributed by atoms with E-state index in [1.165, 1.54) is 109 Å². The van der Waals surface area contributed by atoms with Crippen LogP contribution in [0.2, 0.25) is 0 Å². The van der Waals surface area contributed by atoms with Gasteiger partial charge in [0.2, 0.25) is 5.91 Å². The highest BCUT2D eigenvalue weighted by atomic mass is 16.3. The summed E-state index contributed by atoms with van der Waals surface area (Å²) in [6.07, 6.45) is 44.7. The average molecular weight is 588 g/mol. The summed E-state index contributed by atoms with van der Waals surface area (Å²) in [5.74, 6) is -0.0866. The van der Waals surface area contributed by atoms with E-state index in [1.54, 1.807) is 6.08 Å². The molecule has 0 aliphatic rings. The van der Waals surface area contributed by atoms with Gasteiger partial charge in [0, 0.05) is 6.42 Å². The van der Waals surface area contributed by atoms with Crippen molar-refractivity contribution in [2.24, 2.45) is 0 Å². The van der Waals surface area contributed by atoms with E-state index in [0.29, 0.717) is 6.42 Å². The summed E-state index contributed by atoms with van der Waals surface area (Å²) in [5.41, 5.74) is 0. The quantitative estimate of drug-likeness (QED) is 0.0558. The van der Waals surface area contributed by atoms with Crippen LogP contribution < -0.4 is 5.32 Å². The van der Waals surface area contributed by atoms with Crippen LogP contribution >= 0.6 is 0 Å². The minimum atomic E-state index is -0.869. The standard InChI is InChI=1S/C38H69NO3/c1-3-5-7-9-11-13-15-17-19-21-23-25-27-29-31-33-37(41)36(35-40)39-38(42)34-32-30-28-26-24-22-20-18-16-14-12-10-8-6-4-2/h14-17,23,25,31,33,36-37,40-41H,3-13,18-22,24,26-30,32,34-35H2,1-2H3,(H,39,42)/b16-14-,17-15+,25-23+,33-31+. The van der Waals surface area contributed by atoms with Gasteiger partial charge in [-0.3, -0.25) is 4.79 Å². The first-order chi connectivity index (χ1) is 20.7. The number of aliphatic hydroxyl groups is 2. The fraction of sp³-hybridized carbons (Fsp3) is 0.763. The Balaban J connectivity index is 3.73. The monoisotopic (exact) mass is 588 g/mol. The SMILES string of the molecule is CCCCCC/C=C\CCCCCCCCCC(=O)NC(CO)C(O)/C=C/CC/C=C/CC/C=C/CCCCCCC. The number of carbonyl (C=O) groups excluding carboxylic acids is 1. The summed E-state index contributed by atoms with van der Waals surface area (Å²) in [6.45, 7) is 4.24. The van der Waals surface area contributed by atoms with Gasteiger partial charge in [-0.1, -0.05) is 140 Å². The molecule has 244 valence electrons. The highest BCUT2D eigenvalue weighted by molar-refractivity contribution is 5.76. The molecule has 0 aliphatic heterocycles. The molecule has 0 saturated heterocycles. The van der Waals surface area contributed by atoms with Gasteiger partial charge in [-0.05, 0) is 70.6 Å². The van der Waals surface area contributed by atoms with Crippen molar-refractivity contribution in [2.45, 2.75) is 180 Å². The van der Waals surface area contributed by atoms with Crippen LogP contribution in [0, 0.1) is 0 Å². The zero-order chi connectivity index (χ0) is 30.8. The second kappa shape index (κ2) is 33.8. The van der Waals surface area contributed by atoms with Gasteiger partial charge < -0.3 is 15.5 Å². The number of allylic oxidation sites excluding steroid dienone is 7. The van der Waals surface area contributed by atoms with E-state index in [2.05, 4.69) is 55.6 Å². The molecular weight excluding hydrogens is 518 g/mol. The van der Waals surface area contributed by atoms with Crippen molar-refractivity contribution >= 4 is 5.91 Å². The van der Waals surface area contributed by atoms with Crippen molar-refractivity contribution in [1.29, 1.82) is 0 Å². The summed E-state index contributed by atoms with van der Waals surface area (Å²) < 4.78 is 0. The Hall–Kier alpha value is -1.65. The van der Waals surface area contributed by atoms with E-state index >= 15 is 0 Å². The number of carbonyl (C=O) groups is 1. The first-order valence-electron chi connectivity index (χ1n) is 17.9. The molecule has 0 aliphatic carbocycles. The molecule has 0 heterocycles. The van der Waals surface area contributed by atoms with Crippen molar-refractivity contribution in [1.82, 2.24) is 5.32 Å². The minimum absolute atomic E-state index is 0.0866. The maximum Gasteiger partial charge on any atom is 0.220 e. The van der Waals surface area contributed by atoms with E-state index in [4.69, 9.17) is 0 Å². The molecule has 1 amide bonds. The molecule has 0 rings (SSSR count). The van der Waals surface area contributed by atoms with E-state index in [0.717, 1.165) is 38.5 Å². The minimum Gasteiger partial charge on any atom is -0.394 e. The van der Waals surface area contributed by atoms with Crippen molar-refractivity contribution in [3.05, 3.63) is 48.6 Å². The molecule has 2 unspecified atom stereocenters. The van der Waals surface area contributed by atoms with Crippen LogP contribution in [0.25, 0.3) is 0 Å². The summed E-state index contributed by atoms with van der Waals surface area (Å²) >= 11 is 0. The Labute approximate surface area is 261 Å². The van der Waals surface area contributed by atoms with Crippen LogP contribution in [0.15, 0.2) is 48.6 Å². The molecule has 0 aromatic rings. The summed E-state index contributed by atoms with van der Waals surface area (Å²) in [6, 6.07) is -0.645. The average Bonchev–Trinajstić information content (AvgIpc) is 2.99. The molecule has 4 heteroatoms. The first kappa shape index (κ1) is 40.4. The van der Waals surface area contributed by atoms with Gasteiger partial charge >= 0.3 is 0 Å². The maximum absolute atomic E-state index is 12.3. The van der Waals surface area contributed by atoms with Gasteiger partial charge in [0.25, 0.3) is 0 Å². The fourth-order valence-electron chi connectivity index (χ4n) is 4.97. The molecule has 42 heavy (non-hydrogen) atoms. The lowest BCUT2D eigenvalue weighted by molar-refractivity contribution is -0.123. The van der Waals surface area contributed by atoms with Crippen molar-refractivity contribution in [3.63, 3.8) is 0 Å². The number of rotatable bonds is 31. The Morgan fingerprint density at radius 2 is 0.929 bits per heavy atom. The molecule has 0 aromatic heterocycles. The predicted molar refractivity (Wildman–Crippen MR) is 184 cm³/mol. The lowest BCUT2D eigenvalue weighted by atomic mass is 10.1. The van der Waals surface area contributed by atoms with E-state index in [-0.39, 0.29) is 12.5 Å². The molecule has 3 N–H and O–H groups in total. The number of hydrogen-bond acceptors (Lipinski definition) is 3. The van der Waals surface area contributed by atoms with Crippen LogP contribution in [0.3, 0.4) is 0 Å². The Bertz CT molecular complexity index is 682. The second-order valence-corrected chi connectivity index (χ2v) is 11.9. The molecule has 0 bridgehead atoms. The Morgan fingerprint density at radius 3 is 1.40 bits per heavy atom. The number of amides is 1. The van der Waals surface area contributed by atoms with E-state index in [9.17, 15) is 15.0 Å². The third kappa shape index (κ3) is 29.8. The maximum atomic E-state index is 12.3. The van der Waals surface area contributed by atoms with Crippen LogP contribution in [-0.2, 0) is 4.79 Å². The second-order valence-electron chi connectivity index (χ2n) is 11.9. The largest absolute Gasteiger partial charge is 0.394 e.